The van der Waals surface area contributed by atoms with Crippen LogP contribution in [0.15, 0.2) is 46.2 Å². The first-order chi connectivity index (χ1) is 10.3. The first kappa shape index (κ1) is 14.5. The second-order valence-electron chi connectivity index (χ2n) is 5.21. The molecule has 0 radical (unpaired) electrons. The van der Waals surface area contributed by atoms with Crippen molar-refractivity contribution in [1.82, 2.24) is 5.32 Å². The van der Waals surface area contributed by atoms with Crippen LogP contribution in [0.4, 0.5) is 0 Å². The van der Waals surface area contributed by atoms with Gasteiger partial charge in [-0.3, -0.25) is 14.9 Å². The minimum absolute atomic E-state index is 0.0416. The van der Waals surface area contributed by atoms with Crippen LogP contribution in [0.25, 0.3) is 0 Å². The van der Waals surface area contributed by atoms with E-state index in [2.05, 4.69) is 5.32 Å². The highest BCUT2D eigenvalue weighted by atomic mass is 32.2. The second kappa shape index (κ2) is 4.78. The second-order valence-corrected chi connectivity index (χ2v) is 7.13. The first-order valence-electron chi connectivity index (χ1n) is 6.63. The van der Waals surface area contributed by atoms with Gasteiger partial charge in [-0.1, -0.05) is 17.7 Å². The fourth-order valence-corrected chi connectivity index (χ4v) is 4.04. The van der Waals surface area contributed by atoms with Gasteiger partial charge in [-0.05, 0) is 43.7 Å². The molecule has 1 N–H and O–H groups in total. The van der Waals surface area contributed by atoms with Gasteiger partial charge in [0.25, 0.3) is 11.8 Å². The van der Waals surface area contributed by atoms with E-state index in [9.17, 15) is 18.0 Å². The zero-order valence-corrected chi connectivity index (χ0v) is 12.8. The highest BCUT2D eigenvalue weighted by molar-refractivity contribution is 7.91. The number of benzene rings is 2. The Kier molecular flexibility index (Phi) is 3.14. The van der Waals surface area contributed by atoms with E-state index in [0.29, 0.717) is 5.56 Å². The van der Waals surface area contributed by atoms with Crippen LogP contribution in [0.5, 0.6) is 0 Å². The highest BCUT2D eigenvalue weighted by Gasteiger charge is 2.32. The van der Waals surface area contributed by atoms with Crippen molar-refractivity contribution in [2.75, 3.05) is 0 Å². The Balaban J connectivity index is 2.21. The molecule has 0 bridgehead atoms. The lowest BCUT2D eigenvalue weighted by Crippen LogP contribution is -2.20. The Labute approximate surface area is 127 Å². The maximum absolute atomic E-state index is 12.7. The van der Waals surface area contributed by atoms with Gasteiger partial charge in [-0.25, -0.2) is 8.42 Å². The summed E-state index contributed by atoms with van der Waals surface area (Å²) >= 11 is 0. The van der Waals surface area contributed by atoms with Gasteiger partial charge in [-0.2, -0.15) is 0 Å². The predicted octanol–water partition coefficient (Wildman–Crippen LogP) is 2.02. The summed E-state index contributed by atoms with van der Waals surface area (Å²) in [4.78, 5) is 23.6. The maximum atomic E-state index is 12.7. The van der Waals surface area contributed by atoms with E-state index in [1.54, 1.807) is 12.1 Å². The molecule has 1 heterocycles. The fraction of sp³-hybridized carbons (Fsp3) is 0.125. The monoisotopic (exact) mass is 315 g/mol. The Morgan fingerprint density at radius 3 is 2.14 bits per heavy atom. The van der Waals surface area contributed by atoms with Crippen molar-refractivity contribution in [3.8, 4) is 0 Å². The van der Waals surface area contributed by atoms with Gasteiger partial charge < -0.3 is 0 Å². The van der Waals surface area contributed by atoms with E-state index in [-0.39, 0.29) is 20.9 Å². The molecule has 3 rings (SSSR count). The van der Waals surface area contributed by atoms with Gasteiger partial charge in [-0.15, -0.1) is 0 Å². The van der Waals surface area contributed by atoms with Crippen molar-refractivity contribution < 1.29 is 18.0 Å². The third kappa shape index (κ3) is 2.03. The van der Waals surface area contributed by atoms with E-state index in [1.165, 1.54) is 31.2 Å². The number of fused-ring (bicyclic) bond motifs is 1. The van der Waals surface area contributed by atoms with E-state index in [4.69, 9.17) is 0 Å². The maximum Gasteiger partial charge on any atom is 0.259 e. The standard InChI is InChI=1S/C16H13NO4S/c1-9-3-5-11(6-4-9)22(20,21)13-8-7-12-14(10(13)2)16(19)17-15(12)18/h3-8H,1-2H3,(H,17,18,19). The summed E-state index contributed by atoms with van der Waals surface area (Å²) in [7, 11) is -3.74. The lowest BCUT2D eigenvalue weighted by Gasteiger charge is -2.10. The van der Waals surface area contributed by atoms with Crippen molar-refractivity contribution >= 4 is 21.7 Å². The quantitative estimate of drug-likeness (QED) is 0.860. The molecule has 1 aliphatic rings. The van der Waals surface area contributed by atoms with E-state index in [1.807, 2.05) is 6.92 Å². The molecule has 5 nitrogen and oxygen atoms in total. The Morgan fingerprint density at radius 2 is 1.50 bits per heavy atom. The van der Waals surface area contributed by atoms with Crippen molar-refractivity contribution in [1.29, 1.82) is 0 Å². The summed E-state index contributed by atoms with van der Waals surface area (Å²) in [6.07, 6.45) is 0. The Bertz CT molecular complexity index is 912. The molecule has 0 aromatic heterocycles. The van der Waals surface area contributed by atoms with Crippen LogP contribution in [0.1, 0.15) is 31.8 Å². The number of nitrogens with one attached hydrogen (secondary N) is 1. The summed E-state index contributed by atoms with van der Waals surface area (Å²) in [6.45, 7) is 3.41. The zero-order valence-electron chi connectivity index (χ0n) is 12.0. The number of aryl methyl sites for hydroxylation is 1. The van der Waals surface area contributed by atoms with Gasteiger partial charge in [0.15, 0.2) is 0 Å². The smallest absolute Gasteiger partial charge is 0.259 e. The van der Waals surface area contributed by atoms with Crippen LogP contribution >= 0.6 is 0 Å². The number of hydrogen-bond donors (Lipinski definition) is 1. The van der Waals surface area contributed by atoms with Gasteiger partial charge in [0.2, 0.25) is 9.84 Å². The molecule has 0 saturated heterocycles. The number of rotatable bonds is 2. The number of hydrogen-bond acceptors (Lipinski definition) is 4. The molecule has 2 aromatic rings. The summed E-state index contributed by atoms with van der Waals surface area (Å²) in [6, 6.07) is 9.24. The molecule has 0 atom stereocenters. The molecular weight excluding hydrogens is 302 g/mol. The van der Waals surface area contributed by atoms with Gasteiger partial charge in [0, 0.05) is 0 Å². The Morgan fingerprint density at radius 1 is 0.864 bits per heavy atom. The summed E-state index contributed by atoms with van der Waals surface area (Å²) in [5.74, 6) is -1.05. The number of carbonyl (C=O) groups excluding carboxylic acids is 2. The summed E-state index contributed by atoms with van der Waals surface area (Å²) in [5.41, 5.74) is 1.60. The number of sulfone groups is 1. The van der Waals surface area contributed by atoms with E-state index < -0.39 is 21.7 Å². The van der Waals surface area contributed by atoms with E-state index >= 15 is 0 Å². The summed E-state index contributed by atoms with van der Waals surface area (Å²) in [5, 5.41) is 2.18. The zero-order chi connectivity index (χ0) is 16.1. The van der Waals surface area contributed by atoms with Crippen molar-refractivity contribution in [2.45, 2.75) is 23.6 Å². The molecule has 0 unspecified atom stereocenters. The van der Waals surface area contributed by atoms with Gasteiger partial charge in [0.05, 0.1) is 20.9 Å². The third-order valence-corrected chi connectivity index (χ3v) is 5.65. The molecule has 2 amide bonds. The van der Waals surface area contributed by atoms with Gasteiger partial charge in [0.1, 0.15) is 0 Å². The Hall–Kier alpha value is -2.47. The van der Waals surface area contributed by atoms with Crippen molar-refractivity contribution in [3.63, 3.8) is 0 Å². The third-order valence-electron chi connectivity index (χ3n) is 3.73. The molecule has 0 fully saturated rings. The van der Waals surface area contributed by atoms with Crippen LogP contribution in [-0.2, 0) is 9.84 Å². The molecular formula is C16H13NO4S. The minimum atomic E-state index is -3.74. The number of imide groups is 1. The normalized spacial score (nSPS) is 13.9. The molecule has 0 aliphatic carbocycles. The van der Waals surface area contributed by atoms with Gasteiger partial charge >= 0.3 is 0 Å². The van der Waals surface area contributed by atoms with Crippen LogP contribution in [0.2, 0.25) is 0 Å². The van der Waals surface area contributed by atoms with Crippen LogP contribution in [-0.4, -0.2) is 20.2 Å². The molecule has 0 spiro atoms. The van der Waals surface area contributed by atoms with Crippen LogP contribution in [0.3, 0.4) is 0 Å². The molecule has 6 heteroatoms. The molecule has 112 valence electrons. The molecule has 2 aromatic carbocycles. The largest absolute Gasteiger partial charge is 0.288 e. The van der Waals surface area contributed by atoms with Crippen LogP contribution < -0.4 is 5.32 Å². The van der Waals surface area contributed by atoms with Crippen LogP contribution in [0, 0.1) is 13.8 Å². The predicted molar refractivity (Wildman–Crippen MR) is 79.6 cm³/mol. The minimum Gasteiger partial charge on any atom is -0.288 e. The van der Waals surface area contributed by atoms with Crippen molar-refractivity contribution in [2.24, 2.45) is 0 Å². The first-order valence-corrected chi connectivity index (χ1v) is 8.12. The molecule has 1 aliphatic heterocycles. The fourth-order valence-electron chi connectivity index (χ4n) is 2.54. The topological polar surface area (TPSA) is 80.3 Å². The average molecular weight is 315 g/mol. The average Bonchev–Trinajstić information content (AvgIpc) is 2.75. The van der Waals surface area contributed by atoms with E-state index in [0.717, 1.165) is 5.56 Å². The highest BCUT2D eigenvalue weighted by Crippen LogP contribution is 2.29. The lowest BCUT2D eigenvalue weighted by atomic mass is 10.0. The number of carbonyl (C=O) groups is 2. The molecule has 0 saturated carbocycles. The lowest BCUT2D eigenvalue weighted by molar-refractivity contribution is 0.0879. The van der Waals surface area contributed by atoms with Crippen molar-refractivity contribution in [3.05, 3.63) is 58.7 Å². The number of amides is 2. The SMILES string of the molecule is Cc1ccc(S(=O)(=O)c2ccc3c(c2C)C(=O)NC3=O)cc1. The molecule has 22 heavy (non-hydrogen) atoms. The summed E-state index contributed by atoms with van der Waals surface area (Å²) < 4.78 is 25.5.